The van der Waals surface area contributed by atoms with Gasteiger partial charge in [-0.15, -0.1) is 10.2 Å². The molecule has 0 aliphatic heterocycles. The first-order valence-corrected chi connectivity index (χ1v) is 6.34. The van der Waals surface area contributed by atoms with E-state index >= 15 is 0 Å². The Bertz CT molecular complexity index is 784. The molecule has 0 bridgehead atoms. The van der Waals surface area contributed by atoms with Gasteiger partial charge < -0.3 is 20.0 Å². The van der Waals surface area contributed by atoms with Crippen LogP contribution < -0.4 is 10.5 Å². The van der Waals surface area contributed by atoms with E-state index in [0.29, 0.717) is 13.0 Å². The molecule has 2 rings (SSSR count). The Labute approximate surface area is 135 Å². The predicted octanol–water partition coefficient (Wildman–Crippen LogP) is 2.51. The van der Waals surface area contributed by atoms with Gasteiger partial charge in [0.1, 0.15) is 5.56 Å². The molecule has 7 nitrogen and oxygen atoms in total. The van der Waals surface area contributed by atoms with Crippen molar-refractivity contribution in [3.8, 4) is 17.5 Å². The highest BCUT2D eigenvalue weighted by Crippen LogP contribution is 2.41. The summed E-state index contributed by atoms with van der Waals surface area (Å²) >= 11 is 0. The highest BCUT2D eigenvalue weighted by Gasteiger charge is 2.55. The van der Waals surface area contributed by atoms with E-state index in [2.05, 4.69) is 19.9 Å². The first kappa shape index (κ1) is 18.8. The molecule has 25 heavy (non-hydrogen) atoms. The van der Waals surface area contributed by atoms with Gasteiger partial charge >= 0.3 is 12.4 Å². The van der Waals surface area contributed by atoms with Crippen molar-refractivity contribution in [3.05, 3.63) is 17.5 Å². The molecular weight excluding hydrogens is 362 g/mol. The summed E-state index contributed by atoms with van der Waals surface area (Å²) in [5.41, 5.74) is -0.430. The summed E-state index contributed by atoms with van der Waals surface area (Å²) in [5.74, 6) is -2.84. The normalized spacial score (nSPS) is 15.1. The number of ether oxygens (including phenoxy) is 1. The molecule has 0 saturated carbocycles. The second kappa shape index (κ2) is 5.75. The number of alkyl halides is 6. The zero-order chi connectivity index (χ0) is 19.2. The molecule has 1 atom stereocenters. The average Bonchev–Trinajstić information content (AvgIpc) is 2.95. The maximum Gasteiger partial charge on any atom is 0.426 e. The molecular formula is C12H10F6N4O3. The van der Waals surface area contributed by atoms with Crippen molar-refractivity contribution in [1.82, 2.24) is 15.2 Å². The number of hydrogen-bond donors (Lipinski definition) is 2. The highest BCUT2D eigenvalue weighted by molar-refractivity contribution is 5.68. The molecule has 138 valence electrons. The lowest BCUT2D eigenvalue weighted by Gasteiger charge is -2.21. The van der Waals surface area contributed by atoms with Crippen LogP contribution in [-0.4, -0.2) is 33.6 Å². The lowest BCUT2D eigenvalue weighted by molar-refractivity contribution is -0.266. The van der Waals surface area contributed by atoms with Crippen molar-refractivity contribution in [3.63, 3.8) is 0 Å². The van der Waals surface area contributed by atoms with Crippen LogP contribution in [0.25, 0.3) is 11.6 Å². The third-order valence-electron chi connectivity index (χ3n) is 3.11. The fraction of sp³-hybridized carbons (Fsp3) is 0.417. The fourth-order valence-corrected chi connectivity index (χ4v) is 1.68. The van der Waals surface area contributed by atoms with E-state index in [-0.39, 0.29) is 0 Å². The van der Waals surface area contributed by atoms with Gasteiger partial charge in [-0.1, -0.05) is 0 Å². The van der Waals surface area contributed by atoms with Crippen LogP contribution in [0.5, 0.6) is 5.88 Å². The topological polar surface area (TPSA) is 107 Å². The smallest absolute Gasteiger partial charge is 0.426 e. The number of nitrogen functional groups attached to an aromatic ring is 1. The fourth-order valence-electron chi connectivity index (χ4n) is 1.68. The largest absolute Gasteiger partial charge is 0.481 e. The Hall–Kier alpha value is -2.57. The summed E-state index contributed by atoms with van der Waals surface area (Å²) < 4.78 is 86.0. The number of rotatable bonds is 3. The van der Waals surface area contributed by atoms with Crippen LogP contribution in [-0.2, 0) is 11.8 Å². The van der Waals surface area contributed by atoms with Crippen LogP contribution in [0.4, 0.5) is 32.0 Å². The third kappa shape index (κ3) is 3.31. The molecule has 0 aromatic carbocycles. The number of hydrogen-bond acceptors (Lipinski definition) is 7. The zero-order valence-electron chi connectivity index (χ0n) is 12.5. The highest BCUT2D eigenvalue weighted by atomic mass is 19.4. The molecule has 3 N–H and O–H groups in total. The summed E-state index contributed by atoms with van der Waals surface area (Å²) in [7, 11) is 0.908. The first-order chi connectivity index (χ1) is 11.3. The van der Waals surface area contributed by atoms with Gasteiger partial charge in [0.15, 0.2) is 5.69 Å². The first-order valence-electron chi connectivity index (χ1n) is 6.34. The van der Waals surface area contributed by atoms with Crippen LogP contribution in [0, 0.1) is 0 Å². The second-order valence-corrected chi connectivity index (χ2v) is 4.96. The molecule has 0 aliphatic rings. The van der Waals surface area contributed by atoms with Gasteiger partial charge in [-0.05, 0) is 13.0 Å². The van der Waals surface area contributed by atoms with Crippen molar-refractivity contribution in [2.45, 2.75) is 24.9 Å². The molecule has 13 heteroatoms. The van der Waals surface area contributed by atoms with Crippen LogP contribution in [0.2, 0.25) is 0 Å². The molecule has 0 saturated heterocycles. The van der Waals surface area contributed by atoms with E-state index in [9.17, 15) is 31.4 Å². The van der Waals surface area contributed by atoms with Crippen molar-refractivity contribution >= 4 is 5.69 Å². The Morgan fingerprint density at radius 1 is 1.16 bits per heavy atom. The minimum atomic E-state index is -5.13. The maximum atomic E-state index is 12.9. The van der Waals surface area contributed by atoms with E-state index in [1.165, 1.54) is 0 Å². The molecule has 0 aliphatic carbocycles. The van der Waals surface area contributed by atoms with Gasteiger partial charge in [-0.2, -0.15) is 26.3 Å². The zero-order valence-corrected chi connectivity index (χ0v) is 12.5. The SMILES string of the molecule is COc1nc(-c2nnc(C(C)(O)C(F)(F)F)o2)c(N)cc1C(F)(F)F. The predicted molar refractivity (Wildman–Crippen MR) is 69.1 cm³/mol. The van der Waals surface area contributed by atoms with Gasteiger partial charge in [-0.3, -0.25) is 0 Å². The maximum absolute atomic E-state index is 12.9. The van der Waals surface area contributed by atoms with E-state index in [4.69, 9.17) is 10.2 Å². The minimum Gasteiger partial charge on any atom is -0.481 e. The quantitative estimate of drug-likeness (QED) is 0.797. The standard InChI is InChI=1S/C12H10F6N4O3/c1-10(23,12(16,17)18)9-22-21-8(25-9)6-5(19)3-4(11(13,14)15)7(20-6)24-2/h3,23H,19H2,1-2H3. The summed E-state index contributed by atoms with van der Waals surface area (Å²) in [4.78, 5) is 3.46. The van der Waals surface area contributed by atoms with Gasteiger partial charge in [0.25, 0.3) is 11.8 Å². The molecule has 0 spiro atoms. The number of nitrogens with two attached hydrogens (primary N) is 1. The molecule has 0 fully saturated rings. The van der Waals surface area contributed by atoms with Gasteiger partial charge in [-0.25, -0.2) is 4.98 Å². The van der Waals surface area contributed by atoms with Crippen LogP contribution in [0.1, 0.15) is 18.4 Å². The van der Waals surface area contributed by atoms with Crippen LogP contribution in [0.15, 0.2) is 10.5 Å². The molecule has 2 heterocycles. The van der Waals surface area contributed by atoms with Crippen molar-refractivity contribution in [2.24, 2.45) is 0 Å². The molecule has 0 radical (unpaired) electrons. The van der Waals surface area contributed by atoms with Gasteiger partial charge in [0, 0.05) is 0 Å². The number of nitrogens with zero attached hydrogens (tertiary/aromatic N) is 3. The Morgan fingerprint density at radius 3 is 2.24 bits per heavy atom. The average molecular weight is 372 g/mol. The summed E-state index contributed by atoms with van der Waals surface area (Å²) in [6.45, 7) is 0.369. The number of halogens is 6. The number of methoxy groups -OCH3 is 1. The van der Waals surface area contributed by atoms with E-state index in [0.717, 1.165) is 7.11 Å². The second-order valence-electron chi connectivity index (χ2n) is 4.96. The number of anilines is 1. The number of aliphatic hydroxyl groups is 1. The minimum absolute atomic E-state index is 0.369. The monoisotopic (exact) mass is 372 g/mol. The molecule has 1 unspecified atom stereocenters. The Balaban J connectivity index is 2.54. The van der Waals surface area contributed by atoms with Gasteiger partial charge in [0.05, 0.1) is 12.8 Å². The Morgan fingerprint density at radius 2 is 1.76 bits per heavy atom. The molecule has 2 aromatic heterocycles. The van der Waals surface area contributed by atoms with Crippen molar-refractivity contribution in [1.29, 1.82) is 0 Å². The lowest BCUT2D eigenvalue weighted by atomic mass is 10.1. The van der Waals surface area contributed by atoms with E-state index < -0.39 is 52.6 Å². The molecule has 2 aromatic rings. The third-order valence-corrected chi connectivity index (χ3v) is 3.11. The summed E-state index contributed by atoms with van der Waals surface area (Å²) in [5, 5.41) is 15.7. The van der Waals surface area contributed by atoms with Gasteiger partial charge in [0.2, 0.25) is 11.5 Å². The van der Waals surface area contributed by atoms with Crippen LogP contribution >= 0.6 is 0 Å². The molecule has 0 amide bonds. The van der Waals surface area contributed by atoms with E-state index in [1.807, 2.05) is 0 Å². The van der Waals surface area contributed by atoms with Crippen molar-refractivity contribution < 1.29 is 40.6 Å². The summed E-state index contributed by atoms with van der Waals surface area (Å²) in [6.07, 6.45) is -9.96. The summed E-state index contributed by atoms with van der Waals surface area (Å²) in [6, 6.07) is 0.465. The number of pyridine rings is 1. The Kier molecular flexibility index (Phi) is 4.32. The van der Waals surface area contributed by atoms with Crippen LogP contribution in [0.3, 0.4) is 0 Å². The number of aromatic nitrogens is 3. The van der Waals surface area contributed by atoms with E-state index in [1.54, 1.807) is 0 Å². The van der Waals surface area contributed by atoms with Crippen molar-refractivity contribution in [2.75, 3.05) is 12.8 Å². The lowest BCUT2D eigenvalue weighted by Crippen LogP contribution is -2.39.